The van der Waals surface area contributed by atoms with E-state index < -0.39 is 0 Å². The van der Waals surface area contributed by atoms with Crippen LogP contribution in [-0.4, -0.2) is 17.9 Å². The first-order chi connectivity index (χ1) is 9.61. The second-order valence-electron chi connectivity index (χ2n) is 7.55. The first-order valence-corrected chi connectivity index (χ1v) is 8.02. The van der Waals surface area contributed by atoms with Gasteiger partial charge >= 0.3 is 5.97 Å². The molecule has 120 valence electrons. The fraction of sp³-hybridized carbons (Fsp3) is 0.778. The van der Waals surface area contributed by atoms with Crippen LogP contribution >= 0.6 is 0 Å². The van der Waals surface area contributed by atoms with Gasteiger partial charge in [-0.25, -0.2) is 0 Å². The average Bonchev–Trinajstić information content (AvgIpc) is 2.24. The van der Waals surface area contributed by atoms with Crippen LogP contribution in [0.3, 0.4) is 0 Å². The van der Waals surface area contributed by atoms with Gasteiger partial charge in [0.05, 0.1) is 6.10 Å². The fourth-order valence-electron chi connectivity index (χ4n) is 3.28. The summed E-state index contributed by atoms with van der Waals surface area (Å²) in [5.74, 6) is 0.840. The Morgan fingerprint density at radius 2 is 2.00 bits per heavy atom. The molecule has 0 aromatic rings. The zero-order chi connectivity index (χ0) is 16.2. The molecule has 1 rings (SSSR count). The third-order valence-electron chi connectivity index (χ3n) is 4.28. The van der Waals surface area contributed by atoms with Gasteiger partial charge in [0.15, 0.2) is 5.78 Å². The monoisotopic (exact) mass is 294 g/mol. The Balaban J connectivity index is 2.52. The van der Waals surface area contributed by atoms with Gasteiger partial charge in [0.2, 0.25) is 0 Å². The molecule has 0 aromatic heterocycles. The Morgan fingerprint density at radius 1 is 1.38 bits per heavy atom. The Hall–Kier alpha value is -1.12. The van der Waals surface area contributed by atoms with E-state index in [0.717, 1.165) is 18.4 Å². The van der Waals surface area contributed by atoms with Crippen molar-refractivity contribution in [1.82, 2.24) is 0 Å². The van der Waals surface area contributed by atoms with Gasteiger partial charge in [-0.05, 0) is 50.0 Å². The Labute approximate surface area is 129 Å². The van der Waals surface area contributed by atoms with E-state index in [1.807, 2.05) is 27.7 Å². The number of ketones is 1. The molecule has 0 bridgehead atoms. The van der Waals surface area contributed by atoms with Crippen molar-refractivity contribution >= 4 is 11.8 Å². The van der Waals surface area contributed by atoms with E-state index in [-0.39, 0.29) is 23.3 Å². The molecule has 0 saturated heterocycles. The number of allylic oxidation sites excluding steroid dienone is 2. The van der Waals surface area contributed by atoms with Gasteiger partial charge < -0.3 is 4.74 Å². The lowest BCUT2D eigenvalue weighted by Crippen LogP contribution is -2.32. The van der Waals surface area contributed by atoms with Crippen LogP contribution in [0.15, 0.2) is 11.6 Å². The van der Waals surface area contributed by atoms with Crippen LogP contribution in [0.5, 0.6) is 0 Å². The predicted molar refractivity (Wildman–Crippen MR) is 84.9 cm³/mol. The molecule has 1 aliphatic rings. The first kappa shape index (κ1) is 17.9. The van der Waals surface area contributed by atoms with E-state index >= 15 is 0 Å². The van der Waals surface area contributed by atoms with E-state index in [0.29, 0.717) is 24.7 Å². The van der Waals surface area contributed by atoms with Crippen molar-refractivity contribution in [1.29, 1.82) is 0 Å². The molecule has 1 aliphatic carbocycles. The molecule has 0 radical (unpaired) electrons. The molecule has 0 spiro atoms. The maximum atomic E-state index is 11.7. The number of rotatable bonds is 6. The molecule has 0 unspecified atom stereocenters. The number of carbonyl (C=O) groups is 2. The molecule has 0 saturated carbocycles. The van der Waals surface area contributed by atoms with E-state index in [9.17, 15) is 9.59 Å². The Kier molecular flexibility index (Phi) is 6.18. The van der Waals surface area contributed by atoms with Crippen LogP contribution in [0.2, 0.25) is 0 Å². The number of carbonyl (C=O) groups excluding carboxylic acids is 2. The smallest absolute Gasteiger partial charge is 0.306 e. The summed E-state index contributed by atoms with van der Waals surface area (Å²) in [5.41, 5.74) is 1.16. The summed E-state index contributed by atoms with van der Waals surface area (Å²) >= 11 is 0. The number of hydrogen-bond donors (Lipinski definition) is 0. The second-order valence-corrected chi connectivity index (χ2v) is 7.55. The van der Waals surface area contributed by atoms with Crippen LogP contribution in [0.25, 0.3) is 0 Å². The highest BCUT2D eigenvalue weighted by Gasteiger charge is 2.35. The van der Waals surface area contributed by atoms with Crippen molar-refractivity contribution < 1.29 is 14.3 Å². The molecule has 3 heteroatoms. The van der Waals surface area contributed by atoms with Gasteiger partial charge in [0.25, 0.3) is 0 Å². The van der Waals surface area contributed by atoms with Gasteiger partial charge in [-0.3, -0.25) is 9.59 Å². The van der Waals surface area contributed by atoms with Crippen molar-refractivity contribution in [3.8, 4) is 0 Å². The van der Waals surface area contributed by atoms with Crippen molar-refractivity contribution in [3.05, 3.63) is 11.6 Å². The molecule has 0 aliphatic heterocycles. The average molecular weight is 294 g/mol. The highest BCUT2D eigenvalue weighted by molar-refractivity contribution is 5.91. The van der Waals surface area contributed by atoms with E-state index in [1.165, 1.54) is 0 Å². The lowest BCUT2D eigenvalue weighted by Gasteiger charge is -2.38. The van der Waals surface area contributed by atoms with E-state index in [2.05, 4.69) is 13.8 Å². The van der Waals surface area contributed by atoms with Crippen LogP contribution < -0.4 is 0 Å². The quantitative estimate of drug-likeness (QED) is 0.686. The van der Waals surface area contributed by atoms with Crippen molar-refractivity contribution in [3.63, 3.8) is 0 Å². The standard InChI is InChI=1S/C18H30O3/c1-12(2)9-17(20)21-14(4)7-8-16-13(3)10-15(19)11-18(16,5)6/h10,12,14,16H,7-9,11H2,1-6H3/t14-,16-/m1/s1. The highest BCUT2D eigenvalue weighted by atomic mass is 16.5. The SMILES string of the molecule is CC1=CC(=O)CC(C)(C)[C@@H]1CC[C@@H](C)OC(=O)CC(C)C. The maximum Gasteiger partial charge on any atom is 0.306 e. The van der Waals surface area contributed by atoms with Crippen LogP contribution in [0, 0.1) is 17.3 Å². The Morgan fingerprint density at radius 3 is 2.52 bits per heavy atom. The van der Waals surface area contributed by atoms with Gasteiger partial charge in [0.1, 0.15) is 0 Å². The minimum Gasteiger partial charge on any atom is -0.463 e. The molecule has 0 amide bonds. The minimum atomic E-state index is -0.108. The molecule has 0 aromatic carbocycles. The summed E-state index contributed by atoms with van der Waals surface area (Å²) in [6.07, 6.45) is 4.61. The van der Waals surface area contributed by atoms with Gasteiger partial charge in [-0.2, -0.15) is 0 Å². The molecular formula is C18H30O3. The summed E-state index contributed by atoms with van der Waals surface area (Å²) in [4.78, 5) is 23.3. The molecule has 0 heterocycles. The van der Waals surface area contributed by atoms with Gasteiger partial charge in [-0.15, -0.1) is 0 Å². The normalized spacial score (nSPS) is 22.9. The lowest BCUT2D eigenvalue weighted by molar-refractivity contribution is -0.149. The van der Waals surface area contributed by atoms with Crippen LogP contribution in [0.1, 0.15) is 67.2 Å². The second kappa shape index (κ2) is 7.24. The summed E-state index contributed by atoms with van der Waals surface area (Å²) in [7, 11) is 0. The largest absolute Gasteiger partial charge is 0.463 e. The molecule has 3 nitrogen and oxygen atoms in total. The van der Waals surface area contributed by atoms with E-state index in [4.69, 9.17) is 4.74 Å². The molecule has 0 N–H and O–H groups in total. The number of esters is 1. The lowest BCUT2D eigenvalue weighted by atomic mass is 9.66. The summed E-state index contributed by atoms with van der Waals surface area (Å²) in [5, 5.41) is 0. The van der Waals surface area contributed by atoms with Gasteiger partial charge in [-0.1, -0.05) is 33.3 Å². The van der Waals surface area contributed by atoms with Crippen LogP contribution in [0.4, 0.5) is 0 Å². The van der Waals surface area contributed by atoms with Crippen molar-refractivity contribution in [2.45, 2.75) is 73.3 Å². The zero-order valence-electron chi connectivity index (χ0n) is 14.4. The topological polar surface area (TPSA) is 43.4 Å². The van der Waals surface area contributed by atoms with Crippen LogP contribution in [-0.2, 0) is 14.3 Å². The third-order valence-corrected chi connectivity index (χ3v) is 4.28. The molecule has 0 fully saturated rings. The van der Waals surface area contributed by atoms with Crippen molar-refractivity contribution in [2.75, 3.05) is 0 Å². The summed E-state index contributed by atoms with van der Waals surface area (Å²) in [6.45, 7) is 12.3. The fourth-order valence-corrected chi connectivity index (χ4v) is 3.28. The summed E-state index contributed by atoms with van der Waals surface area (Å²) < 4.78 is 5.45. The Bertz CT molecular complexity index is 418. The first-order valence-electron chi connectivity index (χ1n) is 8.02. The zero-order valence-corrected chi connectivity index (χ0v) is 14.4. The number of ether oxygens (including phenoxy) is 1. The molecule has 21 heavy (non-hydrogen) atoms. The highest BCUT2D eigenvalue weighted by Crippen LogP contribution is 2.42. The third kappa shape index (κ3) is 5.64. The summed E-state index contributed by atoms with van der Waals surface area (Å²) in [6, 6.07) is 0. The van der Waals surface area contributed by atoms with E-state index in [1.54, 1.807) is 6.08 Å². The number of hydrogen-bond acceptors (Lipinski definition) is 3. The van der Waals surface area contributed by atoms with Crippen molar-refractivity contribution in [2.24, 2.45) is 17.3 Å². The molecular weight excluding hydrogens is 264 g/mol. The molecule has 2 atom stereocenters. The predicted octanol–water partition coefficient (Wildman–Crippen LogP) is 4.31. The minimum absolute atomic E-state index is 0.00240. The van der Waals surface area contributed by atoms with Gasteiger partial charge in [0, 0.05) is 12.8 Å². The maximum absolute atomic E-state index is 11.7.